The van der Waals surface area contributed by atoms with Crippen LogP contribution in [0.1, 0.15) is 24.6 Å². The second kappa shape index (κ2) is 7.04. The van der Waals surface area contributed by atoms with Crippen LogP contribution in [-0.4, -0.2) is 21.8 Å². The highest BCUT2D eigenvalue weighted by molar-refractivity contribution is 5.31. The molecule has 1 aromatic carbocycles. The lowest BCUT2D eigenvalue weighted by atomic mass is 10.1. The van der Waals surface area contributed by atoms with Crippen molar-refractivity contribution in [2.45, 2.75) is 25.5 Å². The fraction of sp³-hybridized carbons (Fsp3) is 0.333. The molecule has 2 rings (SSSR count). The number of phenols is 1. The summed E-state index contributed by atoms with van der Waals surface area (Å²) in [6.45, 7) is 0. The van der Waals surface area contributed by atoms with Crippen LogP contribution in [0.25, 0.3) is 0 Å². The van der Waals surface area contributed by atoms with Crippen molar-refractivity contribution in [3.05, 3.63) is 62.7 Å². The molecule has 118 valence electrons. The number of nitrogens with zero attached hydrogens (tertiary/aromatic N) is 1. The summed E-state index contributed by atoms with van der Waals surface area (Å²) in [5, 5.41) is 9.69. The Morgan fingerprint density at radius 2 is 2.09 bits per heavy atom. The van der Waals surface area contributed by atoms with Gasteiger partial charge in [-0.15, -0.1) is 0 Å². The Kier molecular flexibility index (Phi) is 5.11. The normalized spacial score (nSPS) is 12.3. The van der Waals surface area contributed by atoms with Crippen molar-refractivity contribution in [3.63, 3.8) is 0 Å². The number of aromatic nitrogens is 2. The van der Waals surface area contributed by atoms with Gasteiger partial charge in [-0.2, -0.15) is 4.39 Å². The summed E-state index contributed by atoms with van der Waals surface area (Å²) >= 11 is 0. The number of benzene rings is 1. The number of para-hydroxylation sites is 1. The highest BCUT2D eigenvalue weighted by atomic mass is 19.1. The zero-order valence-corrected chi connectivity index (χ0v) is 12.1. The summed E-state index contributed by atoms with van der Waals surface area (Å²) in [7, 11) is 1.40. The van der Waals surface area contributed by atoms with E-state index in [1.54, 1.807) is 12.1 Å². The van der Waals surface area contributed by atoms with Crippen LogP contribution in [0.15, 0.2) is 40.1 Å². The second-order valence-electron chi connectivity index (χ2n) is 4.85. The first kappa shape index (κ1) is 16.0. The molecular formula is C15H17FN2O4. The van der Waals surface area contributed by atoms with Crippen molar-refractivity contribution >= 4 is 0 Å². The summed E-state index contributed by atoms with van der Waals surface area (Å²) in [5.41, 5.74) is -0.983. The van der Waals surface area contributed by atoms with E-state index in [9.17, 15) is 19.1 Å². The lowest BCUT2D eigenvalue weighted by Crippen LogP contribution is -2.34. The van der Waals surface area contributed by atoms with Gasteiger partial charge in [0.25, 0.3) is 5.56 Å². The maximum Gasteiger partial charge on any atom is 0.330 e. The number of H-pyrrole nitrogens is 1. The van der Waals surface area contributed by atoms with E-state index in [1.165, 1.54) is 7.11 Å². The summed E-state index contributed by atoms with van der Waals surface area (Å²) in [6.07, 6.45) is 1.78. The first-order valence-electron chi connectivity index (χ1n) is 6.83. The largest absolute Gasteiger partial charge is 0.508 e. The van der Waals surface area contributed by atoms with Crippen molar-refractivity contribution in [2.24, 2.45) is 0 Å². The molecule has 0 radical (unpaired) electrons. The Morgan fingerprint density at radius 1 is 1.36 bits per heavy atom. The topological polar surface area (TPSA) is 84.3 Å². The SMILES string of the molecule is COC(CCCc1ccccc1O)n1cc(F)c(=O)[nH]c1=O. The maximum atomic E-state index is 13.3. The molecule has 22 heavy (non-hydrogen) atoms. The highest BCUT2D eigenvalue weighted by Crippen LogP contribution is 2.20. The molecule has 0 spiro atoms. The van der Waals surface area contributed by atoms with Crippen LogP contribution in [-0.2, 0) is 11.2 Å². The Hall–Kier alpha value is -2.41. The van der Waals surface area contributed by atoms with Crippen molar-refractivity contribution in [1.82, 2.24) is 9.55 Å². The second-order valence-corrected chi connectivity index (χ2v) is 4.85. The quantitative estimate of drug-likeness (QED) is 0.848. The minimum Gasteiger partial charge on any atom is -0.508 e. The number of methoxy groups -OCH3 is 1. The van der Waals surface area contributed by atoms with E-state index in [0.29, 0.717) is 19.3 Å². The number of hydrogen-bond acceptors (Lipinski definition) is 4. The van der Waals surface area contributed by atoms with Crippen LogP contribution in [0.2, 0.25) is 0 Å². The first-order chi connectivity index (χ1) is 10.5. The van der Waals surface area contributed by atoms with E-state index in [-0.39, 0.29) is 5.75 Å². The average molecular weight is 308 g/mol. The lowest BCUT2D eigenvalue weighted by molar-refractivity contribution is 0.0304. The van der Waals surface area contributed by atoms with Crippen LogP contribution in [0.3, 0.4) is 0 Å². The van der Waals surface area contributed by atoms with Gasteiger partial charge in [0.15, 0.2) is 0 Å². The van der Waals surface area contributed by atoms with Crippen molar-refractivity contribution in [3.8, 4) is 5.75 Å². The Bertz CT molecular complexity index is 754. The minimum atomic E-state index is -1.05. The highest BCUT2D eigenvalue weighted by Gasteiger charge is 2.14. The molecular weight excluding hydrogens is 291 g/mol. The molecule has 1 unspecified atom stereocenters. The number of hydrogen-bond donors (Lipinski definition) is 2. The van der Waals surface area contributed by atoms with Crippen LogP contribution >= 0.6 is 0 Å². The third kappa shape index (κ3) is 3.62. The number of halogens is 1. The number of aromatic hydroxyl groups is 1. The van der Waals surface area contributed by atoms with Gasteiger partial charge in [0.1, 0.15) is 12.0 Å². The van der Waals surface area contributed by atoms with E-state index in [1.807, 2.05) is 17.1 Å². The molecule has 1 aromatic heterocycles. The number of nitrogens with one attached hydrogen (secondary N) is 1. The predicted octanol–water partition coefficient (Wildman–Crippen LogP) is 1.55. The maximum absolute atomic E-state index is 13.3. The van der Waals surface area contributed by atoms with Crippen LogP contribution < -0.4 is 11.2 Å². The van der Waals surface area contributed by atoms with E-state index in [2.05, 4.69) is 0 Å². The molecule has 0 amide bonds. The zero-order chi connectivity index (χ0) is 16.1. The van der Waals surface area contributed by atoms with Gasteiger partial charge >= 0.3 is 5.69 Å². The average Bonchev–Trinajstić information content (AvgIpc) is 2.50. The predicted molar refractivity (Wildman–Crippen MR) is 78.4 cm³/mol. The fourth-order valence-electron chi connectivity index (χ4n) is 2.23. The molecule has 7 heteroatoms. The summed E-state index contributed by atoms with van der Waals surface area (Å²) in [4.78, 5) is 24.6. The van der Waals surface area contributed by atoms with Gasteiger partial charge in [-0.1, -0.05) is 18.2 Å². The first-order valence-corrected chi connectivity index (χ1v) is 6.83. The number of rotatable bonds is 6. The number of aromatic amines is 1. The molecule has 2 aromatic rings. The number of ether oxygens (including phenoxy) is 1. The van der Waals surface area contributed by atoms with E-state index >= 15 is 0 Å². The van der Waals surface area contributed by atoms with Crippen molar-refractivity contribution < 1.29 is 14.2 Å². The van der Waals surface area contributed by atoms with Crippen molar-refractivity contribution in [1.29, 1.82) is 0 Å². The summed E-state index contributed by atoms with van der Waals surface area (Å²) in [5.74, 6) is -0.828. The zero-order valence-electron chi connectivity index (χ0n) is 12.1. The van der Waals surface area contributed by atoms with Crippen LogP contribution in [0, 0.1) is 5.82 Å². The number of aryl methyl sites for hydroxylation is 1. The molecule has 0 aliphatic rings. The molecule has 0 bridgehead atoms. The third-order valence-electron chi connectivity index (χ3n) is 3.40. The van der Waals surface area contributed by atoms with Gasteiger partial charge < -0.3 is 9.84 Å². The monoisotopic (exact) mass is 308 g/mol. The molecule has 0 saturated heterocycles. The molecule has 2 N–H and O–H groups in total. The summed E-state index contributed by atoms with van der Waals surface area (Å²) in [6, 6.07) is 6.97. The smallest absolute Gasteiger partial charge is 0.330 e. The minimum absolute atomic E-state index is 0.212. The molecule has 0 saturated carbocycles. The molecule has 1 atom stereocenters. The van der Waals surface area contributed by atoms with Gasteiger partial charge in [-0.3, -0.25) is 14.3 Å². The Morgan fingerprint density at radius 3 is 2.77 bits per heavy atom. The van der Waals surface area contributed by atoms with E-state index in [0.717, 1.165) is 16.3 Å². The molecule has 6 nitrogen and oxygen atoms in total. The third-order valence-corrected chi connectivity index (χ3v) is 3.40. The van der Waals surface area contributed by atoms with Gasteiger partial charge in [0, 0.05) is 7.11 Å². The van der Waals surface area contributed by atoms with Crippen LogP contribution in [0.4, 0.5) is 4.39 Å². The van der Waals surface area contributed by atoms with Gasteiger partial charge in [0.05, 0.1) is 6.20 Å². The molecule has 0 aliphatic carbocycles. The van der Waals surface area contributed by atoms with E-state index in [4.69, 9.17) is 4.74 Å². The Balaban J connectivity index is 2.07. The number of phenolic OH excluding ortho intramolecular Hbond substituents is 1. The molecule has 0 aliphatic heterocycles. The lowest BCUT2D eigenvalue weighted by Gasteiger charge is -2.17. The molecule has 0 fully saturated rings. The standard InChI is InChI=1S/C15H17FN2O4/c1-22-13(18-9-11(16)14(20)17-15(18)21)8-4-6-10-5-2-3-7-12(10)19/h2-3,5,7,9,13,19H,4,6,8H2,1H3,(H,17,20,21). The van der Waals surface area contributed by atoms with E-state index < -0.39 is 23.3 Å². The van der Waals surface area contributed by atoms with Gasteiger partial charge in [0.2, 0.25) is 5.82 Å². The fourth-order valence-corrected chi connectivity index (χ4v) is 2.23. The van der Waals surface area contributed by atoms with Crippen LogP contribution in [0.5, 0.6) is 5.75 Å². The Labute approximate surface area is 125 Å². The molecule has 1 heterocycles. The van der Waals surface area contributed by atoms with Gasteiger partial charge in [-0.25, -0.2) is 4.79 Å². The van der Waals surface area contributed by atoms with Crippen molar-refractivity contribution in [2.75, 3.05) is 7.11 Å². The van der Waals surface area contributed by atoms with Gasteiger partial charge in [-0.05, 0) is 30.9 Å². The summed E-state index contributed by atoms with van der Waals surface area (Å²) < 4.78 is 19.5.